The quantitative estimate of drug-likeness (QED) is 0.759. The molecule has 0 radical (unpaired) electrons. The Morgan fingerprint density at radius 3 is 2.58 bits per heavy atom. The van der Waals surface area contributed by atoms with Gasteiger partial charge in [-0.15, -0.1) is 0 Å². The van der Waals surface area contributed by atoms with E-state index in [0.29, 0.717) is 30.2 Å². The Bertz CT molecular complexity index is 903. The Morgan fingerprint density at radius 2 is 2.00 bits per heavy atom. The normalized spacial score (nSPS) is 11.8. The van der Waals surface area contributed by atoms with E-state index in [0.717, 1.165) is 11.1 Å². The van der Waals surface area contributed by atoms with E-state index in [-0.39, 0.29) is 23.1 Å². The summed E-state index contributed by atoms with van der Waals surface area (Å²) >= 11 is 0. The summed E-state index contributed by atoms with van der Waals surface area (Å²) in [6.07, 6.45) is 1.29. The molecule has 1 aromatic heterocycles. The number of carbonyl (C=O) groups excluding carboxylic acids is 1. The van der Waals surface area contributed by atoms with Crippen molar-refractivity contribution in [3.63, 3.8) is 0 Å². The van der Waals surface area contributed by atoms with E-state index in [2.05, 4.69) is 15.5 Å². The minimum absolute atomic E-state index is 0.0250. The maximum Gasteiger partial charge on any atom is 0.238 e. The summed E-state index contributed by atoms with van der Waals surface area (Å²) in [5, 5.41) is 11.8. The summed E-state index contributed by atoms with van der Waals surface area (Å²) < 4.78 is 28.3. The molecule has 0 bridgehead atoms. The van der Waals surface area contributed by atoms with Crippen molar-refractivity contribution in [2.24, 2.45) is 5.14 Å². The topological polar surface area (TPSA) is 128 Å². The van der Waals surface area contributed by atoms with Crippen molar-refractivity contribution in [1.82, 2.24) is 10.1 Å². The van der Waals surface area contributed by atoms with Crippen LogP contribution >= 0.6 is 0 Å². The number of rotatable bonds is 7. The van der Waals surface area contributed by atoms with Crippen LogP contribution in [0.25, 0.3) is 0 Å². The molecule has 2 aromatic rings. The Hall–Kier alpha value is -2.26. The van der Waals surface area contributed by atoms with Crippen molar-refractivity contribution in [3.05, 3.63) is 35.0 Å². The third-order valence-electron chi connectivity index (χ3n) is 4.04. The van der Waals surface area contributed by atoms with Crippen LogP contribution in [0.4, 0.5) is 5.69 Å². The first-order valence-corrected chi connectivity index (χ1v) is 9.89. The molecule has 0 fully saturated rings. The summed E-state index contributed by atoms with van der Waals surface area (Å²) in [7, 11) is -3.84. The van der Waals surface area contributed by atoms with Gasteiger partial charge in [0.1, 0.15) is 0 Å². The van der Waals surface area contributed by atoms with Crippen molar-refractivity contribution >= 4 is 21.6 Å². The summed E-state index contributed by atoms with van der Waals surface area (Å²) in [4.78, 5) is 16.4. The molecule has 0 aliphatic rings. The monoisotopic (exact) mass is 380 g/mol. The van der Waals surface area contributed by atoms with Crippen molar-refractivity contribution in [3.8, 4) is 0 Å². The molecule has 142 valence electrons. The van der Waals surface area contributed by atoms with Crippen LogP contribution in [0.15, 0.2) is 21.6 Å². The van der Waals surface area contributed by atoms with Gasteiger partial charge < -0.3 is 9.84 Å². The molecule has 8 nitrogen and oxygen atoms in total. The number of primary sulfonamides is 1. The molecule has 26 heavy (non-hydrogen) atoms. The summed E-state index contributed by atoms with van der Waals surface area (Å²) in [5.74, 6) is 1.12. The highest BCUT2D eigenvalue weighted by Gasteiger charge is 2.15. The van der Waals surface area contributed by atoms with E-state index in [1.165, 1.54) is 12.1 Å². The van der Waals surface area contributed by atoms with E-state index < -0.39 is 10.0 Å². The van der Waals surface area contributed by atoms with Gasteiger partial charge in [0, 0.05) is 24.4 Å². The number of anilines is 1. The van der Waals surface area contributed by atoms with Crippen LogP contribution in [0.1, 0.15) is 55.4 Å². The number of hydrogen-bond donors (Lipinski definition) is 2. The lowest BCUT2D eigenvalue weighted by Gasteiger charge is -2.12. The van der Waals surface area contributed by atoms with Crippen LogP contribution in [0.2, 0.25) is 0 Å². The fourth-order valence-electron chi connectivity index (χ4n) is 2.34. The first kappa shape index (κ1) is 20.1. The predicted molar refractivity (Wildman–Crippen MR) is 97.2 cm³/mol. The maximum atomic E-state index is 12.2. The van der Waals surface area contributed by atoms with Crippen LogP contribution in [0, 0.1) is 13.8 Å². The molecule has 0 aliphatic heterocycles. The minimum atomic E-state index is -3.84. The zero-order valence-corrected chi connectivity index (χ0v) is 16.2. The Kier molecular flexibility index (Phi) is 6.14. The Balaban J connectivity index is 1.98. The lowest BCUT2D eigenvalue weighted by atomic mass is 10.1. The van der Waals surface area contributed by atoms with Gasteiger partial charge in [0.05, 0.1) is 4.90 Å². The number of sulfonamides is 1. The minimum Gasteiger partial charge on any atom is -0.339 e. The first-order chi connectivity index (χ1) is 12.1. The van der Waals surface area contributed by atoms with Crippen molar-refractivity contribution in [1.29, 1.82) is 0 Å². The first-order valence-electron chi connectivity index (χ1n) is 8.34. The van der Waals surface area contributed by atoms with Crippen molar-refractivity contribution in [2.45, 2.75) is 57.8 Å². The maximum absolute atomic E-state index is 12.2. The van der Waals surface area contributed by atoms with Crippen LogP contribution in [-0.2, 0) is 21.2 Å². The zero-order chi connectivity index (χ0) is 19.5. The second-order valence-electron chi connectivity index (χ2n) is 6.56. The average Bonchev–Trinajstić information content (AvgIpc) is 2.99. The predicted octanol–water partition coefficient (Wildman–Crippen LogP) is 2.42. The molecule has 1 aromatic carbocycles. The standard InChI is InChI=1S/C17H24N4O4S/c1-10(2)17-20-16(25-21-17)7-5-6-15(22)19-14-9-13(26(18,23)24)8-11(3)12(14)4/h8-10H,5-7H2,1-4H3,(H,19,22)(H2,18,23,24). The molecular weight excluding hydrogens is 356 g/mol. The van der Waals surface area contributed by atoms with Crippen LogP contribution in [0.5, 0.6) is 0 Å². The van der Waals surface area contributed by atoms with Gasteiger partial charge in [-0.25, -0.2) is 13.6 Å². The third-order valence-corrected chi connectivity index (χ3v) is 4.93. The second kappa shape index (κ2) is 7.96. The average molecular weight is 380 g/mol. The molecule has 0 unspecified atom stereocenters. The molecule has 3 N–H and O–H groups in total. The number of nitrogens with zero attached hydrogens (tertiary/aromatic N) is 2. The molecule has 0 aliphatic carbocycles. The summed E-state index contributed by atoms with van der Waals surface area (Å²) in [6, 6.07) is 2.87. The van der Waals surface area contributed by atoms with E-state index >= 15 is 0 Å². The highest BCUT2D eigenvalue weighted by Crippen LogP contribution is 2.24. The van der Waals surface area contributed by atoms with Gasteiger partial charge in [-0.2, -0.15) is 4.98 Å². The highest BCUT2D eigenvalue weighted by molar-refractivity contribution is 7.89. The van der Waals surface area contributed by atoms with Crippen LogP contribution in [0.3, 0.4) is 0 Å². The number of aromatic nitrogens is 2. The van der Waals surface area contributed by atoms with Gasteiger partial charge in [-0.3, -0.25) is 4.79 Å². The number of carbonyl (C=O) groups is 1. The van der Waals surface area contributed by atoms with Gasteiger partial charge in [0.2, 0.25) is 21.8 Å². The van der Waals surface area contributed by atoms with Crippen molar-refractivity contribution in [2.75, 3.05) is 5.32 Å². The highest BCUT2D eigenvalue weighted by atomic mass is 32.2. The number of hydrogen-bond acceptors (Lipinski definition) is 6. The molecule has 0 spiro atoms. The molecule has 0 atom stereocenters. The molecule has 1 heterocycles. The fraction of sp³-hybridized carbons (Fsp3) is 0.471. The van der Waals surface area contributed by atoms with E-state index in [9.17, 15) is 13.2 Å². The zero-order valence-electron chi connectivity index (χ0n) is 15.4. The second-order valence-corrected chi connectivity index (χ2v) is 8.12. The van der Waals surface area contributed by atoms with Gasteiger partial charge >= 0.3 is 0 Å². The van der Waals surface area contributed by atoms with Gasteiger partial charge in [0.25, 0.3) is 0 Å². The largest absolute Gasteiger partial charge is 0.339 e. The summed E-state index contributed by atoms with van der Waals surface area (Å²) in [6.45, 7) is 7.52. The Morgan fingerprint density at radius 1 is 1.31 bits per heavy atom. The summed E-state index contributed by atoms with van der Waals surface area (Å²) in [5.41, 5.74) is 1.97. The SMILES string of the molecule is Cc1cc(S(N)(=O)=O)cc(NC(=O)CCCc2nc(C(C)C)no2)c1C. The van der Waals surface area contributed by atoms with E-state index in [1.54, 1.807) is 6.92 Å². The van der Waals surface area contributed by atoms with E-state index in [1.807, 2.05) is 20.8 Å². The van der Waals surface area contributed by atoms with Gasteiger partial charge in [-0.05, 0) is 43.5 Å². The molecule has 9 heteroatoms. The number of nitrogens with one attached hydrogen (secondary N) is 1. The van der Waals surface area contributed by atoms with Gasteiger partial charge in [0.15, 0.2) is 5.82 Å². The van der Waals surface area contributed by atoms with E-state index in [4.69, 9.17) is 9.66 Å². The third kappa shape index (κ3) is 5.12. The number of amides is 1. The smallest absolute Gasteiger partial charge is 0.238 e. The van der Waals surface area contributed by atoms with Crippen molar-refractivity contribution < 1.29 is 17.7 Å². The molecule has 0 saturated heterocycles. The lowest BCUT2D eigenvalue weighted by Crippen LogP contribution is -2.16. The lowest BCUT2D eigenvalue weighted by molar-refractivity contribution is -0.116. The van der Waals surface area contributed by atoms with Gasteiger partial charge in [-0.1, -0.05) is 19.0 Å². The molecule has 2 rings (SSSR count). The van der Waals surface area contributed by atoms with Crippen LogP contribution in [-0.4, -0.2) is 24.5 Å². The Labute approximate surface area is 153 Å². The van der Waals surface area contributed by atoms with Crippen LogP contribution < -0.4 is 10.5 Å². The number of aryl methyl sites for hydroxylation is 2. The number of benzene rings is 1. The molecule has 1 amide bonds. The fourth-order valence-corrected chi connectivity index (χ4v) is 2.96. The number of nitrogens with two attached hydrogens (primary N) is 1. The molecule has 0 saturated carbocycles. The molecular formula is C17H24N4O4S.